The number of carbonyl (C=O) groups is 1. The number of rotatable bonds is 7. The lowest BCUT2D eigenvalue weighted by molar-refractivity contribution is -0.127. The van der Waals surface area contributed by atoms with Crippen molar-refractivity contribution in [2.24, 2.45) is 0 Å². The predicted octanol–water partition coefficient (Wildman–Crippen LogP) is 4.13. The van der Waals surface area contributed by atoms with Crippen LogP contribution in [0.1, 0.15) is 35.6 Å². The number of ether oxygens (including phenoxy) is 1. The molecular formula is C21H27NO2. The standard InChI is InChI=1S/C21H27NO2/c1-15-7-5-8-19(12-15)9-6-10-22-21(23)18(4)24-20-13-16(2)11-17(3)14-20/h5,7-8,11-14,18H,6,9-10H2,1-4H3,(H,22,23)/t18-/m0/s1. The Morgan fingerprint density at radius 1 is 1.04 bits per heavy atom. The highest BCUT2D eigenvalue weighted by atomic mass is 16.5. The number of nitrogens with one attached hydrogen (secondary N) is 1. The average molecular weight is 325 g/mol. The van der Waals surface area contributed by atoms with E-state index in [-0.39, 0.29) is 5.91 Å². The number of aryl methyl sites for hydroxylation is 4. The molecule has 0 spiro atoms. The zero-order valence-electron chi connectivity index (χ0n) is 15.1. The molecule has 2 aromatic carbocycles. The summed E-state index contributed by atoms with van der Waals surface area (Å²) < 4.78 is 5.76. The molecule has 2 rings (SSSR count). The van der Waals surface area contributed by atoms with E-state index in [2.05, 4.69) is 42.6 Å². The smallest absolute Gasteiger partial charge is 0.260 e. The van der Waals surface area contributed by atoms with E-state index in [0.717, 1.165) is 29.7 Å². The quantitative estimate of drug-likeness (QED) is 0.777. The third kappa shape index (κ3) is 5.73. The van der Waals surface area contributed by atoms with Gasteiger partial charge in [0.25, 0.3) is 5.91 Å². The van der Waals surface area contributed by atoms with Crippen molar-refractivity contribution in [3.05, 3.63) is 64.7 Å². The van der Waals surface area contributed by atoms with Crippen molar-refractivity contribution in [1.29, 1.82) is 0 Å². The SMILES string of the molecule is Cc1cccc(CCCNC(=O)[C@H](C)Oc2cc(C)cc(C)c2)c1. The summed E-state index contributed by atoms with van der Waals surface area (Å²) in [6.07, 6.45) is 1.39. The Bertz CT molecular complexity index is 674. The van der Waals surface area contributed by atoms with Gasteiger partial charge in [0.2, 0.25) is 0 Å². The highest BCUT2D eigenvalue weighted by Crippen LogP contribution is 2.17. The predicted molar refractivity (Wildman–Crippen MR) is 98.5 cm³/mol. The molecular weight excluding hydrogens is 298 g/mol. The van der Waals surface area contributed by atoms with Crippen LogP contribution in [-0.2, 0) is 11.2 Å². The van der Waals surface area contributed by atoms with Crippen molar-refractivity contribution in [3.8, 4) is 5.75 Å². The lowest BCUT2D eigenvalue weighted by atomic mass is 10.1. The highest BCUT2D eigenvalue weighted by Gasteiger charge is 2.14. The topological polar surface area (TPSA) is 38.3 Å². The van der Waals surface area contributed by atoms with Gasteiger partial charge in [-0.25, -0.2) is 0 Å². The van der Waals surface area contributed by atoms with E-state index in [1.165, 1.54) is 11.1 Å². The van der Waals surface area contributed by atoms with Crippen molar-refractivity contribution >= 4 is 5.91 Å². The summed E-state index contributed by atoms with van der Waals surface area (Å²) in [5.74, 6) is 0.674. The molecule has 0 heterocycles. The van der Waals surface area contributed by atoms with Crippen LogP contribution in [0, 0.1) is 20.8 Å². The third-order valence-corrected chi connectivity index (χ3v) is 3.90. The van der Waals surface area contributed by atoms with Crippen molar-refractivity contribution in [2.45, 2.75) is 46.6 Å². The summed E-state index contributed by atoms with van der Waals surface area (Å²) in [6.45, 7) is 8.59. The summed E-state index contributed by atoms with van der Waals surface area (Å²) in [6, 6.07) is 14.5. The largest absolute Gasteiger partial charge is 0.481 e. The van der Waals surface area contributed by atoms with Gasteiger partial charge in [-0.15, -0.1) is 0 Å². The third-order valence-electron chi connectivity index (χ3n) is 3.90. The second-order valence-corrected chi connectivity index (χ2v) is 6.47. The molecule has 24 heavy (non-hydrogen) atoms. The van der Waals surface area contributed by atoms with Crippen molar-refractivity contribution in [2.75, 3.05) is 6.54 Å². The van der Waals surface area contributed by atoms with Gasteiger partial charge in [0.1, 0.15) is 5.75 Å². The van der Waals surface area contributed by atoms with Gasteiger partial charge < -0.3 is 10.1 Å². The number of carbonyl (C=O) groups excluding carboxylic acids is 1. The number of hydrogen-bond donors (Lipinski definition) is 1. The fourth-order valence-corrected chi connectivity index (χ4v) is 2.77. The summed E-state index contributed by atoms with van der Waals surface area (Å²) in [7, 11) is 0. The molecule has 0 saturated heterocycles. The number of benzene rings is 2. The summed E-state index contributed by atoms with van der Waals surface area (Å²) in [5.41, 5.74) is 4.85. The molecule has 0 saturated carbocycles. The summed E-state index contributed by atoms with van der Waals surface area (Å²) in [5, 5.41) is 2.95. The molecule has 0 aliphatic heterocycles. The van der Waals surface area contributed by atoms with Gasteiger partial charge >= 0.3 is 0 Å². The van der Waals surface area contributed by atoms with Gasteiger partial charge in [-0.2, -0.15) is 0 Å². The Hall–Kier alpha value is -2.29. The first-order valence-corrected chi connectivity index (χ1v) is 8.52. The molecule has 0 aliphatic carbocycles. The Morgan fingerprint density at radius 2 is 1.75 bits per heavy atom. The minimum absolute atomic E-state index is 0.0709. The molecule has 0 aliphatic rings. The first-order valence-electron chi connectivity index (χ1n) is 8.52. The maximum absolute atomic E-state index is 12.1. The van der Waals surface area contributed by atoms with E-state index < -0.39 is 6.10 Å². The normalized spacial score (nSPS) is 11.8. The van der Waals surface area contributed by atoms with Gasteiger partial charge in [0.15, 0.2) is 6.10 Å². The first kappa shape index (κ1) is 18.1. The molecule has 1 amide bonds. The zero-order valence-corrected chi connectivity index (χ0v) is 15.1. The number of amides is 1. The second-order valence-electron chi connectivity index (χ2n) is 6.47. The lowest BCUT2D eigenvalue weighted by Crippen LogP contribution is -2.37. The van der Waals surface area contributed by atoms with Crippen LogP contribution in [0.25, 0.3) is 0 Å². The molecule has 0 radical (unpaired) electrons. The van der Waals surface area contributed by atoms with E-state index in [1.807, 2.05) is 26.0 Å². The Kier molecular flexibility index (Phi) is 6.42. The van der Waals surface area contributed by atoms with E-state index in [1.54, 1.807) is 6.92 Å². The minimum Gasteiger partial charge on any atom is -0.481 e. The molecule has 128 valence electrons. The van der Waals surface area contributed by atoms with Crippen LogP contribution in [0.15, 0.2) is 42.5 Å². The second kappa shape index (κ2) is 8.53. The van der Waals surface area contributed by atoms with Crippen molar-refractivity contribution < 1.29 is 9.53 Å². The van der Waals surface area contributed by atoms with E-state index in [9.17, 15) is 4.79 Å². The van der Waals surface area contributed by atoms with Crippen LogP contribution >= 0.6 is 0 Å². The van der Waals surface area contributed by atoms with Crippen LogP contribution in [0.2, 0.25) is 0 Å². The monoisotopic (exact) mass is 325 g/mol. The van der Waals surface area contributed by atoms with Crippen LogP contribution in [0.5, 0.6) is 5.75 Å². The average Bonchev–Trinajstić information content (AvgIpc) is 2.50. The van der Waals surface area contributed by atoms with Crippen LogP contribution < -0.4 is 10.1 Å². The first-order chi connectivity index (χ1) is 11.4. The molecule has 0 fully saturated rings. The highest BCUT2D eigenvalue weighted by molar-refractivity contribution is 5.80. The molecule has 0 aromatic heterocycles. The minimum atomic E-state index is -0.495. The molecule has 1 N–H and O–H groups in total. The maximum atomic E-state index is 12.1. The fraction of sp³-hybridized carbons (Fsp3) is 0.381. The van der Waals surface area contributed by atoms with Crippen molar-refractivity contribution in [1.82, 2.24) is 5.32 Å². The Labute approximate surface area is 145 Å². The molecule has 2 aromatic rings. The van der Waals surface area contributed by atoms with Gasteiger partial charge in [-0.05, 0) is 69.4 Å². The summed E-state index contributed by atoms with van der Waals surface area (Å²) >= 11 is 0. The maximum Gasteiger partial charge on any atom is 0.260 e. The van der Waals surface area contributed by atoms with Crippen LogP contribution in [-0.4, -0.2) is 18.6 Å². The van der Waals surface area contributed by atoms with Crippen LogP contribution in [0.4, 0.5) is 0 Å². The molecule has 3 nitrogen and oxygen atoms in total. The van der Waals surface area contributed by atoms with Gasteiger partial charge in [0.05, 0.1) is 0 Å². The molecule has 0 bridgehead atoms. The molecule has 1 atom stereocenters. The summed E-state index contributed by atoms with van der Waals surface area (Å²) in [4.78, 5) is 12.1. The van der Waals surface area contributed by atoms with E-state index in [0.29, 0.717) is 6.54 Å². The van der Waals surface area contributed by atoms with Gasteiger partial charge in [0, 0.05) is 6.54 Å². The van der Waals surface area contributed by atoms with Crippen molar-refractivity contribution in [3.63, 3.8) is 0 Å². The fourth-order valence-electron chi connectivity index (χ4n) is 2.77. The number of hydrogen-bond acceptors (Lipinski definition) is 2. The van der Waals surface area contributed by atoms with Gasteiger partial charge in [-0.3, -0.25) is 4.79 Å². The lowest BCUT2D eigenvalue weighted by Gasteiger charge is -2.15. The molecule has 3 heteroatoms. The Balaban J connectivity index is 1.75. The van der Waals surface area contributed by atoms with E-state index >= 15 is 0 Å². The zero-order chi connectivity index (χ0) is 17.5. The Morgan fingerprint density at radius 3 is 2.42 bits per heavy atom. The van der Waals surface area contributed by atoms with E-state index in [4.69, 9.17) is 4.74 Å². The van der Waals surface area contributed by atoms with Crippen LogP contribution in [0.3, 0.4) is 0 Å². The van der Waals surface area contributed by atoms with Gasteiger partial charge in [-0.1, -0.05) is 35.9 Å². The molecule has 0 unspecified atom stereocenters.